The van der Waals surface area contributed by atoms with Crippen LogP contribution in [0.3, 0.4) is 0 Å². The van der Waals surface area contributed by atoms with Crippen LogP contribution in [0.2, 0.25) is 5.02 Å². The molecule has 4 aliphatic rings. The molecule has 4 fully saturated rings. The van der Waals surface area contributed by atoms with E-state index in [1.807, 2.05) is 36.4 Å². The third kappa shape index (κ3) is 35.1. The summed E-state index contributed by atoms with van der Waals surface area (Å²) in [6.45, 7) is 7.64. The number of aromatic nitrogens is 7. The van der Waals surface area contributed by atoms with Crippen molar-refractivity contribution in [2.75, 3.05) is 67.1 Å². The number of H-pyrrole nitrogens is 1. The van der Waals surface area contributed by atoms with Gasteiger partial charge in [-0.1, -0.05) is 90.7 Å². The summed E-state index contributed by atoms with van der Waals surface area (Å²) in [5, 5.41) is 15.2. The zero-order valence-corrected chi connectivity index (χ0v) is 57.5. The van der Waals surface area contributed by atoms with Crippen LogP contribution in [-0.2, 0) is 103 Å². The van der Waals surface area contributed by atoms with Crippen LogP contribution in [0.1, 0.15) is 70.5 Å². The van der Waals surface area contributed by atoms with Gasteiger partial charge in [-0.05, 0) is 98.2 Å². The van der Waals surface area contributed by atoms with E-state index in [0.29, 0.717) is 22.5 Å². The van der Waals surface area contributed by atoms with Crippen LogP contribution >= 0.6 is 62.1 Å². The van der Waals surface area contributed by atoms with Gasteiger partial charge in [-0.3, -0.25) is 34.9 Å². The number of carbonyl (C=O) groups excluding carboxylic acids is 3. The Morgan fingerprint density at radius 2 is 1.01 bits per heavy atom. The number of hydrogen-bond donors (Lipinski definition) is 7. The number of aromatic amines is 1. The number of hydrogen-bond acceptors (Lipinski definition) is 16. The Bertz CT molecular complexity index is 2220. The molecule has 9 heterocycles. The second kappa shape index (κ2) is 46.2. The number of piperidine rings is 4. The average molecular weight is 1860 g/mol. The number of anilines is 3. The summed E-state index contributed by atoms with van der Waals surface area (Å²) in [5.41, 5.74) is 15.6. The summed E-state index contributed by atoms with van der Waals surface area (Å²) in [6.07, 6.45) is 27.6. The minimum absolute atomic E-state index is 0. The van der Waals surface area contributed by atoms with E-state index in [9.17, 15) is 14.2 Å². The van der Waals surface area contributed by atoms with E-state index in [4.69, 9.17) is 44.9 Å². The average Bonchev–Trinajstić information content (AvgIpc) is 3.96. The van der Waals surface area contributed by atoms with Crippen LogP contribution in [0.25, 0.3) is 0 Å². The van der Waals surface area contributed by atoms with Crippen molar-refractivity contribution in [2.24, 2.45) is 35.1 Å². The van der Waals surface area contributed by atoms with Gasteiger partial charge in [0.05, 0.1) is 0 Å². The Morgan fingerprint density at radius 3 is 1.27 bits per heavy atom. The van der Waals surface area contributed by atoms with E-state index < -0.39 is 5.20 Å². The van der Waals surface area contributed by atoms with Crippen molar-refractivity contribution in [1.29, 1.82) is 5.41 Å². The first-order chi connectivity index (χ1) is 34.6. The van der Waals surface area contributed by atoms with Gasteiger partial charge in [0.15, 0.2) is 0 Å². The molecule has 10 N–H and O–H groups in total. The number of pyridine rings is 4. The Balaban J connectivity index is -0.000000860. The maximum atomic E-state index is 11.0. The van der Waals surface area contributed by atoms with Gasteiger partial charge in [0.1, 0.15) is 17.3 Å². The van der Waals surface area contributed by atoms with Crippen molar-refractivity contribution in [3.05, 3.63) is 115 Å². The molecule has 0 aromatic carbocycles. The smallest absolute Gasteiger partial charge is 0.339 e. The van der Waals surface area contributed by atoms with Gasteiger partial charge in [0.25, 0.3) is 0 Å². The normalized spacial score (nSPS) is 15.1. The molecule has 0 bridgehead atoms. The molecule has 4 aliphatic heterocycles. The van der Waals surface area contributed by atoms with Gasteiger partial charge in [-0.25, -0.2) is 10.8 Å². The number of rotatable bonds is 8. The quantitative estimate of drug-likeness (QED) is 0.0152. The standard InChI is InChI=1S/C12H14N5.C11H13ClN3.C11H14N3O.C6H12N2O.C5H3ClN.CH4N2O.CH4.Cl3OP.4W/c1-5-13-6-2-11(1)17-7-3-10(4-8-17)12-14-9-15-16-12;12-11(13)9-3-7-15(8-4-9)10-1-5-14-6-2-10;12-11(15)9-3-7-14(8-4-9)10-1-5-13-6-2-10;7-6(9)5-1-3-8-4-2-5;6-5-1-3-7-4-2-5;2-3-1-4;;1-5(2,3)4;;;;/h1-2,5,9-10H,3-4,7-8H2,(H,14,15,16);1-2,5,9,13H,3-4,7-8H2;1-2,5,9H,3-4,7-8H2,(H2,12,15);5,8H,1-4H2,(H2,7,9);1-3H;1H,2H2,(H,3,4);1H4;;;;;/q3*-1;;-1;;;;;;;. The van der Waals surface area contributed by atoms with Crippen LogP contribution in [0.5, 0.6) is 0 Å². The minimum Gasteiger partial charge on any atom is -0.423 e. The number of carbonyl (C=O) groups is 3. The Morgan fingerprint density at radius 1 is 0.662 bits per heavy atom. The first kappa shape index (κ1) is 78.8. The molecule has 0 saturated carbocycles. The molecule has 4 saturated heterocycles. The number of nitrogens with zero attached hydrogens (tertiary/aromatic N) is 9. The van der Waals surface area contributed by atoms with E-state index in [1.165, 1.54) is 5.69 Å². The minimum atomic E-state index is -3.22. The maximum Gasteiger partial charge on any atom is 0.339 e. The van der Waals surface area contributed by atoms with Crippen LogP contribution < -0.4 is 42.8 Å². The van der Waals surface area contributed by atoms with E-state index >= 15 is 0 Å². The molecule has 3 amide bonds. The summed E-state index contributed by atoms with van der Waals surface area (Å²) < 4.78 is 9.51. The summed E-state index contributed by atoms with van der Waals surface area (Å²) in [6, 6.07) is 15.0. The molecule has 0 aliphatic carbocycles. The van der Waals surface area contributed by atoms with Crippen molar-refractivity contribution in [3.8, 4) is 0 Å². The summed E-state index contributed by atoms with van der Waals surface area (Å²) in [4.78, 5) is 56.9. The number of amides is 3. The predicted molar refractivity (Wildman–Crippen MR) is 291 cm³/mol. The zero-order chi connectivity index (χ0) is 52.6. The van der Waals surface area contributed by atoms with Crippen LogP contribution in [0.15, 0.2) is 79.6 Å². The molecule has 5 aromatic heterocycles. The summed E-state index contributed by atoms with van der Waals surface area (Å²) >= 11 is 25.0. The maximum absolute atomic E-state index is 11.0. The summed E-state index contributed by atoms with van der Waals surface area (Å²) in [7, 11) is 0. The Labute approximate surface area is 534 Å². The van der Waals surface area contributed by atoms with Crippen LogP contribution in [0, 0.1) is 48.0 Å². The van der Waals surface area contributed by atoms with Crippen LogP contribution in [0.4, 0.5) is 17.1 Å². The third-order valence-corrected chi connectivity index (χ3v) is 11.9. The molecule has 77 heavy (non-hydrogen) atoms. The van der Waals surface area contributed by atoms with Crippen molar-refractivity contribution < 1.29 is 103 Å². The topological polar surface area (TPSA) is 297 Å². The van der Waals surface area contributed by atoms with Gasteiger partial charge in [0, 0.05) is 147 Å². The molecule has 5 aromatic rings. The Kier molecular flexibility index (Phi) is 47.3. The van der Waals surface area contributed by atoms with E-state index in [2.05, 4.69) is 119 Å². The van der Waals surface area contributed by atoms with Crippen molar-refractivity contribution >= 4 is 103 Å². The third-order valence-electron chi connectivity index (χ3n) is 11.4. The first-order valence-electron chi connectivity index (χ1n) is 22.8. The molecule has 9 rings (SSSR count). The number of nitrogens with two attached hydrogens (primary N) is 3. The molecular formula is C47H64Cl5N16O4PW4-4. The van der Waals surface area contributed by atoms with Gasteiger partial charge < -0.3 is 51.4 Å². The fourth-order valence-corrected chi connectivity index (χ4v) is 7.88. The first-order valence-corrected chi connectivity index (χ1v) is 27.9. The molecule has 30 heteroatoms. The Hall–Kier alpha value is -2.43. The number of nitrogens with one attached hydrogen (secondary N) is 4. The second-order valence-corrected chi connectivity index (χ2v) is 23.5. The fourth-order valence-electron chi connectivity index (χ4n) is 7.56. The van der Waals surface area contributed by atoms with Crippen molar-refractivity contribution in [2.45, 2.75) is 64.7 Å². The van der Waals surface area contributed by atoms with Crippen molar-refractivity contribution in [3.63, 3.8) is 0 Å². The molecule has 0 spiro atoms. The van der Waals surface area contributed by atoms with E-state index in [0.717, 1.165) is 121 Å². The molecule has 424 valence electrons. The van der Waals surface area contributed by atoms with Gasteiger partial charge in [-0.15, -0.1) is 48.5 Å². The van der Waals surface area contributed by atoms with Gasteiger partial charge in [0.2, 0.25) is 18.2 Å². The monoisotopic (exact) mass is 1860 g/mol. The number of halogens is 5. The molecule has 0 atom stereocenters. The van der Waals surface area contributed by atoms with Crippen molar-refractivity contribution in [1.82, 2.24) is 45.9 Å². The number of primary amides is 2. The number of hydrazine groups is 1. The van der Waals surface area contributed by atoms with Gasteiger partial charge >= 0.3 is 5.20 Å². The zero-order valence-electron chi connectivity index (χ0n) is 41.1. The molecule has 0 unspecified atom stereocenters. The van der Waals surface area contributed by atoms with Crippen LogP contribution in [-0.4, -0.2) is 111 Å². The largest absolute Gasteiger partial charge is 0.423 e. The predicted octanol–water partition coefficient (Wildman–Crippen LogP) is 7.33. The molecular weight excluding hydrogens is 1800 g/mol. The molecule has 0 radical (unpaired) electrons. The van der Waals surface area contributed by atoms with Gasteiger partial charge in [-0.2, -0.15) is 16.7 Å². The van der Waals surface area contributed by atoms with E-state index in [1.54, 1.807) is 48.7 Å². The SMILES string of the molecule is C.Clc1c[c-]ncc1.N=C(Cl)C1CCN(c2c[c-]ncc2)CC1.NC(=O)C1CCN(c2c[c-]ncc2)CC1.NC(=O)C1CCNCC1.NNC=O.O=P(Cl)(Cl)Cl.[W].[W].[W].[W].[c-]1cc(N2CCC(c3ncn[nH]3)CC2)ccn1. The fraction of sp³-hybridized carbons (Fsp3) is 0.447. The van der Waals surface area contributed by atoms with E-state index in [-0.39, 0.29) is 121 Å². The molecule has 20 nitrogen and oxygen atoms in total. The summed E-state index contributed by atoms with van der Waals surface area (Å²) in [5.74, 6) is 6.07. The second-order valence-electron chi connectivity index (χ2n) is 16.0.